The first kappa shape index (κ1) is 23.4. The number of furan rings is 1. The Morgan fingerprint density at radius 1 is 0.972 bits per heavy atom. The van der Waals surface area contributed by atoms with Crippen molar-refractivity contribution >= 4 is 45.7 Å². The summed E-state index contributed by atoms with van der Waals surface area (Å²) in [6, 6.07) is 24.7. The van der Waals surface area contributed by atoms with E-state index in [1.807, 2.05) is 42.5 Å². The smallest absolute Gasteiger partial charge is 0.373 e. The molecule has 2 amide bonds. The Morgan fingerprint density at radius 2 is 1.75 bits per heavy atom. The van der Waals surface area contributed by atoms with Gasteiger partial charge in [-0.25, -0.2) is 4.79 Å². The van der Waals surface area contributed by atoms with Crippen LogP contribution < -0.4 is 4.74 Å². The number of esters is 1. The lowest BCUT2D eigenvalue weighted by Gasteiger charge is -2.10. The highest BCUT2D eigenvalue weighted by Crippen LogP contribution is 2.33. The number of ether oxygens (including phenoxy) is 2. The van der Waals surface area contributed by atoms with Gasteiger partial charge in [0.15, 0.2) is 0 Å². The largest absolute Gasteiger partial charge is 0.489 e. The molecular weight excluding hydrogens is 478 g/mol. The third-order valence-electron chi connectivity index (χ3n) is 5.63. The molecule has 1 fully saturated rings. The maximum absolute atomic E-state index is 12.8. The first-order chi connectivity index (χ1) is 17.5. The second kappa shape index (κ2) is 10.1. The van der Waals surface area contributed by atoms with Gasteiger partial charge in [-0.1, -0.05) is 48.5 Å². The van der Waals surface area contributed by atoms with Crippen LogP contribution >= 0.6 is 11.8 Å². The topological polar surface area (TPSA) is 86.0 Å². The first-order valence-electron chi connectivity index (χ1n) is 11.1. The van der Waals surface area contributed by atoms with Crippen molar-refractivity contribution in [2.45, 2.75) is 13.2 Å². The van der Waals surface area contributed by atoms with Gasteiger partial charge in [0, 0.05) is 0 Å². The molecule has 0 unspecified atom stereocenters. The van der Waals surface area contributed by atoms with Gasteiger partial charge >= 0.3 is 5.97 Å². The van der Waals surface area contributed by atoms with Crippen LogP contribution in [0.5, 0.6) is 5.75 Å². The number of imide groups is 1. The number of hydrogen-bond acceptors (Lipinski definition) is 7. The Labute approximate surface area is 211 Å². The lowest BCUT2D eigenvalue weighted by Crippen LogP contribution is -2.27. The van der Waals surface area contributed by atoms with Crippen LogP contribution in [0.1, 0.15) is 27.4 Å². The number of fused-ring (bicyclic) bond motifs is 1. The molecule has 0 radical (unpaired) electrons. The van der Waals surface area contributed by atoms with Gasteiger partial charge in [-0.3, -0.25) is 14.5 Å². The van der Waals surface area contributed by atoms with Crippen LogP contribution in [-0.4, -0.2) is 29.1 Å². The van der Waals surface area contributed by atoms with E-state index in [4.69, 9.17) is 9.15 Å². The summed E-state index contributed by atoms with van der Waals surface area (Å²) in [5, 5.41) is 1.95. The minimum Gasteiger partial charge on any atom is -0.489 e. The zero-order valence-corrected chi connectivity index (χ0v) is 20.1. The molecule has 0 bridgehead atoms. The maximum atomic E-state index is 12.8. The molecule has 36 heavy (non-hydrogen) atoms. The zero-order valence-electron chi connectivity index (χ0n) is 19.3. The van der Waals surface area contributed by atoms with E-state index in [0.29, 0.717) is 23.0 Å². The Balaban J connectivity index is 1.22. The van der Waals surface area contributed by atoms with Crippen molar-refractivity contribution in [2.24, 2.45) is 0 Å². The van der Waals surface area contributed by atoms with Gasteiger partial charge in [-0.15, -0.1) is 0 Å². The lowest BCUT2D eigenvalue weighted by atomic mass is 10.1. The molecule has 0 spiro atoms. The molecule has 8 heteroatoms. The van der Waals surface area contributed by atoms with E-state index in [1.54, 1.807) is 6.08 Å². The molecule has 1 aliphatic rings. The van der Waals surface area contributed by atoms with Crippen LogP contribution in [-0.2, 0) is 22.7 Å². The van der Waals surface area contributed by atoms with Crippen molar-refractivity contribution in [1.82, 2.24) is 4.90 Å². The summed E-state index contributed by atoms with van der Waals surface area (Å²) < 4.78 is 15.9. The molecule has 7 nitrogen and oxygen atoms in total. The van der Waals surface area contributed by atoms with E-state index in [-0.39, 0.29) is 12.3 Å². The fourth-order valence-electron chi connectivity index (χ4n) is 3.77. The van der Waals surface area contributed by atoms with Gasteiger partial charge in [-0.05, 0) is 70.1 Å². The average Bonchev–Trinajstić information content (AvgIpc) is 3.48. The van der Waals surface area contributed by atoms with Gasteiger partial charge in [0.05, 0.1) is 18.6 Å². The summed E-state index contributed by atoms with van der Waals surface area (Å²) in [7, 11) is 1.25. The van der Waals surface area contributed by atoms with Crippen LogP contribution in [0.2, 0.25) is 0 Å². The molecule has 4 aromatic rings. The quantitative estimate of drug-likeness (QED) is 0.226. The molecule has 180 valence electrons. The fourth-order valence-corrected chi connectivity index (χ4v) is 4.61. The van der Waals surface area contributed by atoms with Crippen molar-refractivity contribution < 1.29 is 28.3 Å². The predicted octanol–water partition coefficient (Wildman–Crippen LogP) is 6.03. The van der Waals surface area contributed by atoms with Crippen molar-refractivity contribution in [3.05, 3.63) is 106 Å². The van der Waals surface area contributed by atoms with Crippen LogP contribution in [0.3, 0.4) is 0 Å². The highest BCUT2D eigenvalue weighted by atomic mass is 32.2. The third kappa shape index (κ3) is 5.04. The molecule has 1 saturated heterocycles. The summed E-state index contributed by atoms with van der Waals surface area (Å²) in [6.45, 7) is 0.369. The SMILES string of the molecule is COC(=O)c1ccc(CN2C(=O)S/C(=C/c3ccc(OCc4ccc5ccccc5c4)cc3)C2=O)o1. The maximum Gasteiger partial charge on any atom is 0.373 e. The van der Waals surface area contributed by atoms with Crippen LogP contribution in [0.25, 0.3) is 16.8 Å². The van der Waals surface area contributed by atoms with Crippen LogP contribution in [0.15, 0.2) is 88.2 Å². The number of rotatable bonds is 7. The normalized spacial score (nSPS) is 14.6. The van der Waals surface area contributed by atoms with Crippen molar-refractivity contribution in [3.8, 4) is 5.75 Å². The molecular formula is C28H21NO6S. The second-order valence-corrected chi connectivity index (χ2v) is 9.06. The van der Waals surface area contributed by atoms with E-state index in [2.05, 4.69) is 29.0 Å². The van der Waals surface area contributed by atoms with Crippen molar-refractivity contribution in [2.75, 3.05) is 7.11 Å². The molecule has 0 aliphatic carbocycles. The number of carbonyl (C=O) groups excluding carboxylic acids is 3. The van der Waals surface area contributed by atoms with E-state index < -0.39 is 17.1 Å². The number of methoxy groups -OCH3 is 1. The molecule has 0 N–H and O–H groups in total. The average molecular weight is 500 g/mol. The molecule has 1 aliphatic heterocycles. The van der Waals surface area contributed by atoms with Crippen molar-refractivity contribution in [3.63, 3.8) is 0 Å². The zero-order chi connectivity index (χ0) is 25.1. The Hall–Kier alpha value is -4.30. The summed E-state index contributed by atoms with van der Waals surface area (Å²) >= 11 is 0.860. The third-order valence-corrected chi connectivity index (χ3v) is 6.54. The van der Waals surface area contributed by atoms with Crippen molar-refractivity contribution in [1.29, 1.82) is 0 Å². The monoisotopic (exact) mass is 499 g/mol. The summed E-state index contributed by atoms with van der Waals surface area (Å²) in [4.78, 5) is 38.2. The Morgan fingerprint density at radius 3 is 2.53 bits per heavy atom. The molecule has 0 saturated carbocycles. The number of nitrogens with zero attached hydrogens (tertiary/aromatic N) is 1. The van der Waals surface area contributed by atoms with Gasteiger partial charge in [0.2, 0.25) is 5.76 Å². The number of hydrogen-bond donors (Lipinski definition) is 0. The van der Waals surface area contributed by atoms with Crippen LogP contribution in [0, 0.1) is 0 Å². The molecule has 1 aromatic heterocycles. The van der Waals surface area contributed by atoms with Gasteiger partial charge in [-0.2, -0.15) is 0 Å². The molecule has 5 rings (SSSR count). The van der Waals surface area contributed by atoms with E-state index >= 15 is 0 Å². The number of amides is 2. The fraction of sp³-hybridized carbons (Fsp3) is 0.107. The highest BCUT2D eigenvalue weighted by molar-refractivity contribution is 8.18. The lowest BCUT2D eigenvalue weighted by molar-refractivity contribution is -0.123. The summed E-state index contributed by atoms with van der Waals surface area (Å²) in [5.74, 6) is -0.0185. The van der Waals surface area contributed by atoms with Gasteiger partial charge in [0.25, 0.3) is 11.1 Å². The number of thioether (sulfide) groups is 1. The van der Waals surface area contributed by atoms with Gasteiger partial charge in [0.1, 0.15) is 18.1 Å². The Kier molecular flexibility index (Phi) is 6.60. The number of carbonyl (C=O) groups is 3. The highest BCUT2D eigenvalue weighted by Gasteiger charge is 2.35. The van der Waals surface area contributed by atoms with Crippen LogP contribution in [0.4, 0.5) is 4.79 Å². The standard InChI is InChI=1S/C28H21NO6S/c1-33-27(31)24-13-12-23(35-24)16-29-26(30)25(36-28(29)32)15-18-7-10-22(11-8-18)34-17-19-6-9-20-4-2-3-5-21(20)14-19/h2-15H,16-17H2,1H3/b25-15+. The molecule has 0 atom stereocenters. The minimum absolute atomic E-state index is 0.0120. The second-order valence-electron chi connectivity index (χ2n) is 8.06. The van der Waals surface area contributed by atoms with E-state index in [0.717, 1.165) is 27.8 Å². The first-order valence-corrected chi connectivity index (χ1v) is 11.9. The van der Waals surface area contributed by atoms with E-state index in [1.165, 1.54) is 30.0 Å². The molecule has 2 heterocycles. The van der Waals surface area contributed by atoms with Gasteiger partial charge < -0.3 is 13.9 Å². The molecule has 3 aromatic carbocycles. The minimum atomic E-state index is -0.625. The summed E-state index contributed by atoms with van der Waals surface area (Å²) in [5.41, 5.74) is 1.84. The predicted molar refractivity (Wildman–Crippen MR) is 136 cm³/mol. The number of benzene rings is 3. The van der Waals surface area contributed by atoms with E-state index in [9.17, 15) is 14.4 Å². The summed E-state index contributed by atoms with van der Waals surface area (Å²) in [6.07, 6.45) is 1.67. The Bertz CT molecular complexity index is 1490.